The van der Waals surface area contributed by atoms with Gasteiger partial charge in [0.15, 0.2) is 0 Å². The molecule has 3 nitrogen and oxygen atoms in total. The molecule has 0 saturated carbocycles. The third-order valence-corrected chi connectivity index (χ3v) is 3.71. The summed E-state index contributed by atoms with van der Waals surface area (Å²) in [7, 11) is 0. The second-order valence-corrected chi connectivity index (χ2v) is 5.11. The van der Waals surface area contributed by atoms with Crippen LogP contribution in [0.1, 0.15) is 17.2 Å². The highest BCUT2D eigenvalue weighted by Gasteiger charge is 2.18. The van der Waals surface area contributed by atoms with Gasteiger partial charge in [-0.05, 0) is 29.8 Å². The number of pyridine rings is 1. The lowest BCUT2D eigenvalue weighted by molar-refractivity contribution is 0.561. The molecule has 1 aromatic heterocycles. The van der Waals surface area contributed by atoms with E-state index in [1.807, 2.05) is 30.3 Å². The SMILES string of the molecule is NNC(c1ccc2ncccc2c1)c1cccc(Cl)c1F. The third-order valence-electron chi connectivity index (χ3n) is 3.42. The monoisotopic (exact) mass is 301 g/mol. The first kappa shape index (κ1) is 13.9. The fraction of sp³-hybridized carbons (Fsp3) is 0.0625. The number of benzene rings is 2. The summed E-state index contributed by atoms with van der Waals surface area (Å²) in [5.41, 5.74) is 4.78. The molecule has 106 valence electrons. The highest BCUT2D eigenvalue weighted by Crippen LogP contribution is 2.29. The molecule has 0 amide bonds. The van der Waals surface area contributed by atoms with Gasteiger partial charge in [0.2, 0.25) is 0 Å². The maximum absolute atomic E-state index is 14.2. The summed E-state index contributed by atoms with van der Waals surface area (Å²) >= 11 is 5.84. The number of nitrogens with two attached hydrogens (primary N) is 1. The number of nitrogens with one attached hydrogen (secondary N) is 1. The van der Waals surface area contributed by atoms with Crippen molar-refractivity contribution in [2.75, 3.05) is 0 Å². The summed E-state index contributed by atoms with van der Waals surface area (Å²) in [6, 6.07) is 13.9. The summed E-state index contributed by atoms with van der Waals surface area (Å²) in [5.74, 6) is 5.16. The molecule has 1 heterocycles. The Hall–Kier alpha value is -2.01. The molecule has 3 aromatic rings. The van der Waals surface area contributed by atoms with E-state index in [4.69, 9.17) is 17.4 Å². The standard InChI is InChI=1S/C16H13ClFN3/c17-13-5-1-4-12(15(13)18)16(21-19)11-6-7-14-10(9-11)3-2-8-20-14/h1-9,16,21H,19H2. The first-order chi connectivity index (χ1) is 10.2. The lowest BCUT2D eigenvalue weighted by Crippen LogP contribution is -2.29. The van der Waals surface area contributed by atoms with Gasteiger partial charge in [0.25, 0.3) is 0 Å². The number of nitrogens with zero attached hydrogens (tertiary/aromatic N) is 1. The summed E-state index contributed by atoms with van der Waals surface area (Å²) in [4.78, 5) is 4.27. The molecule has 0 aliphatic heterocycles. The minimum Gasteiger partial charge on any atom is -0.271 e. The van der Waals surface area contributed by atoms with Crippen LogP contribution < -0.4 is 11.3 Å². The van der Waals surface area contributed by atoms with E-state index < -0.39 is 11.9 Å². The Morgan fingerprint density at radius 1 is 1.14 bits per heavy atom. The van der Waals surface area contributed by atoms with Gasteiger partial charge in [-0.15, -0.1) is 0 Å². The van der Waals surface area contributed by atoms with E-state index in [0.29, 0.717) is 5.56 Å². The van der Waals surface area contributed by atoms with Crippen LogP contribution in [0, 0.1) is 5.82 Å². The highest BCUT2D eigenvalue weighted by atomic mass is 35.5. The molecule has 1 atom stereocenters. The molecule has 0 aliphatic rings. The van der Waals surface area contributed by atoms with Crippen LogP contribution in [0.2, 0.25) is 5.02 Å². The van der Waals surface area contributed by atoms with Crippen molar-refractivity contribution in [2.24, 2.45) is 5.84 Å². The van der Waals surface area contributed by atoms with Crippen molar-refractivity contribution in [3.63, 3.8) is 0 Å². The predicted molar refractivity (Wildman–Crippen MR) is 82.3 cm³/mol. The van der Waals surface area contributed by atoms with E-state index in [2.05, 4.69) is 10.4 Å². The lowest BCUT2D eigenvalue weighted by Gasteiger charge is -2.18. The van der Waals surface area contributed by atoms with E-state index in [1.54, 1.807) is 18.3 Å². The Labute approximate surface area is 126 Å². The van der Waals surface area contributed by atoms with Crippen molar-refractivity contribution in [1.29, 1.82) is 0 Å². The van der Waals surface area contributed by atoms with Gasteiger partial charge in [-0.1, -0.05) is 35.9 Å². The fourth-order valence-corrected chi connectivity index (χ4v) is 2.56. The minimum absolute atomic E-state index is 0.0789. The van der Waals surface area contributed by atoms with Gasteiger partial charge >= 0.3 is 0 Å². The van der Waals surface area contributed by atoms with Crippen LogP contribution in [0.4, 0.5) is 4.39 Å². The van der Waals surface area contributed by atoms with Crippen molar-refractivity contribution in [2.45, 2.75) is 6.04 Å². The van der Waals surface area contributed by atoms with Crippen LogP contribution in [0.15, 0.2) is 54.7 Å². The van der Waals surface area contributed by atoms with E-state index in [1.165, 1.54) is 6.07 Å². The maximum atomic E-state index is 14.2. The number of halogens is 2. The largest absolute Gasteiger partial charge is 0.271 e. The first-order valence-electron chi connectivity index (χ1n) is 6.45. The molecule has 0 spiro atoms. The Kier molecular flexibility index (Phi) is 3.84. The summed E-state index contributed by atoms with van der Waals surface area (Å²) < 4.78 is 14.2. The minimum atomic E-state index is -0.478. The van der Waals surface area contributed by atoms with Gasteiger partial charge < -0.3 is 0 Å². The predicted octanol–water partition coefficient (Wildman–Crippen LogP) is 3.58. The molecule has 2 aromatic carbocycles. The normalized spacial score (nSPS) is 12.5. The van der Waals surface area contributed by atoms with Gasteiger partial charge in [0.1, 0.15) is 5.82 Å². The molecule has 0 radical (unpaired) electrons. The Bertz CT molecular complexity index is 791. The molecule has 3 N–H and O–H groups in total. The second kappa shape index (κ2) is 5.77. The van der Waals surface area contributed by atoms with Crippen LogP contribution in [-0.2, 0) is 0 Å². The molecule has 0 saturated heterocycles. The number of hydrazine groups is 1. The van der Waals surface area contributed by atoms with E-state index >= 15 is 0 Å². The fourth-order valence-electron chi connectivity index (χ4n) is 2.38. The average Bonchev–Trinajstić information content (AvgIpc) is 2.52. The van der Waals surface area contributed by atoms with Crippen LogP contribution in [0.5, 0.6) is 0 Å². The number of fused-ring (bicyclic) bond motifs is 1. The van der Waals surface area contributed by atoms with Crippen LogP contribution in [-0.4, -0.2) is 4.98 Å². The molecular formula is C16H13ClFN3. The molecule has 0 fully saturated rings. The molecule has 21 heavy (non-hydrogen) atoms. The van der Waals surface area contributed by atoms with E-state index in [9.17, 15) is 4.39 Å². The number of aromatic nitrogens is 1. The first-order valence-corrected chi connectivity index (χ1v) is 6.83. The smallest absolute Gasteiger partial charge is 0.146 e. The number of rotatable bonds is 3. The van der Waals surface area contributed by atoms with Crippen LogP contribution >= 0.6 is 11.6 Å². The quantitative estimate of drug-likeness (QED) is 0.574. The third kappa shape index (κ3) is 2.61. The Balaban J connectivity index is 2.11. The average molecular weight is 302 g/mol. The Morgan fingerprint density at radius 3 is 2.81 bits per heavy atom. The lowest BCUT2D eigenvalue weighted by atomic mass is 9.97. The number of hydrogen-bond donors (Lipinski definition) is 2. The zero-order valence-electron chi connectivity index (χ0n) is 11.1. The van der Waals surface area contributed by atoms with Crippen molar-refractivity contribution < 1.29 is 4.39 Å². The number of hydrogen-bond acceptors (Lipinski definition) is 3. The molecule has 0 aliphatic carbocycles. The van der Waals surface area contributed by atoms with E-state index in [0.717, 1.165) is 16.5 Å². The highest BCUT2D eigenvalue weighted by molar-refractivity contribution is 6.30. The molecule has 3 rings (SSSR count). The van der Waals surface area contributed by atoms with Crippen LogP contribution in [0.3, 0.4) is 0 Å². The summed E-state index contributed by atoms with van der Waals surface area (Å²) in [6.07, 6.45) is 1.73. The van der Waals surface area contributed by atoms with Crippen molar-refractivity contribution in [1.82, 2.24) is 10.4 Å². The molecular weight excluding hydrogens is 289 g/mol. The van der Waals surface area contributed by atoms with E-state index in [-0.39, 0.29) is 5.02 Å². The topological polar surface area (TPSA) is 50.9 Å². The van der Waals surface area contributed by atoms with Crippen molar-refractivity contribution in [3.8, 4) is 0 Å². The summed E-state index contributed by atoms with van der Waals surface area (Å²) in [6.45, 7) is 0. The zero-order valence-corrected chi connectivity index (χ0v) is 11.8. The van der Waals surface area contributed by atoms with Gasteiger partial charge in [0, 0.05) is 17.1 Å². The van der Waals surface area contributed by atoms with Gasteiger partial charge in [-0.3, -0.25) is 10.8 Å². The zero-order chi connectivity index (χ0) is 14.8. The van der Waals surface area contributed by atoms with Gasteiger partial charge in [0.05, 0.1) is 16.6 Å². The molecule has 5 heteroatoms. The van der Waals surface area contributed by atoms with Crippen molar-refractivity contribution in [3.05, 3.63) is 76.7 Å². The van der Waals surface area contributed by atoms with Crippen LogP contribution in [0.25, 0.3) is 10.9 Å². The molecule has 1 unspecified atom stereocenters. The summed E-state index contributed by atoms with van der Waals surface area (Å²) in [5, 5.41) is 1.05. The molecule has 0 bridgehead atoms. The van der Waals surface area contributed by atoms with Gasteiger partial charge in [-0.2, -0.15) is 0 Å². The Morgan fingerprint density at radius 2 is 2.00 bits per heavy atom. The van der Waals surface area contributed by atoms with Crippen molar-refractivity contribution >= 4 is 22.5 Å². The maximum Gasteiger partial charge on any atom is 0.146 e. The van der Waals surface area contributed by atoms with Gasteiger partial charge in [-0.25, -0.2) is 9.82 Å². The second-order valence-electron chi connectivity index (χ2n) is 4.70.